The zero-order valence-corrected chi connectivity index (χ0v) is 9.54. The number of ether oxygens (including phenoxy) is 3. The number of hydrogen-bond donors (Lipinski definition) is 0. The van der Waals surface area contributed by atoms with Crippen molar-refractivity contribution in [2.75, 3.05) is 19.8 Å². The summed E-state index contributed by atoms with van der Waals surface area (Å²) >= 11 is 0. The molecular formula is C11H22O3. The van der Waals surface area contributed by atoms with Gasteiger partial charge >= 0.3 is 0 Å². The second-order valence-electron chi connectivity index (χ2n) is 3.71. The van der Waals surface area contributed by atoms with Gasteiger partial charge in [-0.1, -0.05) is 20.3 Å². The van der Waals surface area contributed by atoms with Gasteiger partial charge in [0.25, 0.3) is 0 Å². The van der Waals surface area contributed by atoms with E-state index in [1.54, 1.807) is 0 Å². The fraction of sp³-hybridized carbons (Fsp3) is 1.00. The quantitative estimate of drug-likeness (QED) is 0.685. The summed E-state index contributed by atoms with van der Waals surface area (Å²) in [5.74, 6) is -0.331. The third-order valence-electron chi connectivity index (χ3n) is 2.64. The minimum absolute atomic E-state index is 0.122. The molecule has 0 aromatic rings. The number of hydrogen-bond acceptors (Lipinski definition) is 3. The predicted octanol–water partition coefficient (Wildman–Crippen LogP) is 2.34. The Morgan fingerprint density at radius 2 is 1.86 bits per heavy atom. The standard InChI is InChI=1S/C11H22O3/c1-4-7-11(5-2)13-8-10(9-14-11)12-6-3/h10H,4-9H2,1-3H3. The Hall–Kier alpha value is -0.120. The van der Waals surface area contributed by atoms with E-state index in [9.17, 15) is 0 Å². The van der Waals surface area contributed by atoms with E-state index < -0.39 is 0 Å². The van der Waals surface area contributed by atoms with Gasteiger partial charge in [-0.15, -0.1) is 0 Å². The van der Waals surface area contributed by atoms with Gasteiger partial charge in [-0.3, -0.25) is 0 Å². The van der Waals surface area contributed by atoms with Gasteiger partial charge in [-0.25, -0.2) is 0 Å². The summed E-state index contributed by atoms with van der Waals surface area (Å²) in [4.78, 5) is 0. The van der Waals surface area contributed by atoms with Crippen LogP contribution in [0.3, 0.4) is 0 Å². The topological polar surface area (TPSA) is 27.7 Å². The van der Waals surface area contributed by atoms with Gasteiger partial charge in [0.2, 0.25) is 0 Å². The van der Waals surface area contributed by atoms with E-state index in [0.717, 1.165) is 25.9 Å². The van der Waals surface area contributed by atoms with Crippen LogP contribution >= 0.6 is 0 Å². The summed E-state index contributed by atoms with van der Waals surface area (Å²) < 4.78 is 17.0. The Labute approximate surface area is 86.7 Å². The highest BCUT2D eigenvalue weighted by Crippen LogP contribution is 2.28. The van der Waals surface area contributed by atoms with Crippen LogP contribution in [0, 0.1) is 0 Å². The van der Waals surface area contributed by atoms with E-state index in [4.69, 9.17) is 14.2 Å². The zero-order valence-electron chi connectivity index (χ0n) is 9.54. The minimum atomic E-state index is -0.331. The lowest BCUT2D eigenvalue weighted by molar-refractivity contribution is -0.301. The van der Waals surface area contributed by atoms with Crippen LogP contribution in [0.15, 0.2) is 0 Å². The Morgan fingerprint density at radius 3 is 2.29 bits per heavy atom. The molecule has 3 nitrogen and oxygen atoms in total. The lowest BCUT2D eigenvalue weighted by Crippen LogP contribution is -2.46. The molecule has 1 rings (SSSR count). The molecule has 0 amide bonds. The van der Waals surface area contributed by atoms with Gasteiger partial charge in [0.05, 0.1) is 13.2 Å². The first-order valence-corrected chi connectivity index (χ1v) is 5.65. The molecule has 0 aromatic carbocycles. The lowest BCUT2D eigenvalue weighted by atomic mass is 10.1. The highest BCUT2D eigenvalue weighted by molar-refractivity contribution is 4.74. The van der Waals surface area contributed by atoms with Crippen molar-refractivity contribution >= 4 is 0 Å². The third kappa shape index (κ3) is 2.94. The fourth-order valence-corrected chi connectivity index (χ4v) is 1.82. The second kappa shape index (κ2) is 5.69. The molecule has 0 aliphatic carbocycles. The largest absolute Gasteiger partial charge is 0.374 e. The molecule has 0 aromatic heterocycles. The molecule has 0 radical (unpaired) electrons. The van der Waals surface area contributed by atoms with Crippen molar-refractivity contribution in [1.82, 2.24) is 0 Å². The van der Waals surface area contributed by atoms with Crippen molar-refractivity contribution in [3.05, 3.63) is 0 Å². The first-order valence-electron chi connectivity index (χ1n) is 5.65. The van der Waals surface area contributed by atoms with Crippen LogP contribution in [0.1, 0.15) is 40.0 Å². The second-order valence-corrected chi connectivity index (χ2v) is 3.71. The maximum absolute atomic E-state index is 5.77. The molecule has 0 saturated carbocycles. The third-order valence-corrected chi connectivity index (χ3v) is 2.64. The normalized spacial score (nSPS) is 33.2. The van der Waals surface area contributed by atoms with E-state index in [0.29, 0.717) is 13.2 Å². The maximum atomic E-state index is 5.77. The SMILES string of the molecule is CCCC1(CC)OCC(OCC)CO1. The number of rotatable bonds is 5. The Morgan fingerprint density at radius 1 is 1.21 bits per heavy atom. The molecule has 0 N–H and O–H groups in total. The zero-order chi connectivity index (χ0) is 10.4. The molecule has 3 heteroatoms. The van der Waals surface area contributed by atoms with Gasteiger partial charge in [-0.2, -0.15) is 0 Å². The maximum Gasteiger partial charge on any atom is 0.168 e. The Bertz CT molecular complexity index is 151. The van der Waals surface area contributed by atoms with Crippen LogP contribution in [0.2, 0.25) is 0 Å². The van der Waals surface area contributed by atoms with E-state index >= 15 is 0 Å². The molecular weight excluding hydrogens is 180 g/mol. The highest BCUT2D eigenvalue weighted by Gasteiger charge is 2.35. The molecule has 1 fully saturated rings. The summed E-state index contributed by atoms with van der Waals surface area (Å²) in [6.07, 6.45) is 3.10. The van der Waals surface area contributed by atoms with E-state index in [-0.39, 0.29) is 11.9 Å². The van der Waals surface area contributed by atoms with Crippen molar-refractivity contribution in [2.45, 2.75) is 51.9 Å². The molecule has 14 heavy (non-hydrogen) atoms. The summed E-state index contributed by atoms with van der Waals surface area (Å²) in [5.41, 5.74) is 0. The molecule has 84 valence electrons. The lowest BCUT2D eigenvalue weighted by Gasteiger charge is -2.39. The van der Waals surface area contributed by atoms with Crippen LogP contribution in [-0.4, -0.2) is 31.7 Å². The van der Waals surface area contributed by atoms with Crippen LogP contribution in [0.25, 0.3) is 0 Å². The van der Waals surface area contributed by atoms with Crippen LogP contribution < -0.4 is 0 Å². The Balaban J connectivity index is 2.38. The van der Waals surface area contributed by atoms with Crippen LogP contribution in [0.4, 0.5) is 0 Å². The molecule has 1 aliphatic heterocycles. The molecule has 0 spiro atoms. The summed E-state index contributed by atoms with van der Waals surface area (Å²) in [7, 11) is 0. The van der Waals surface area contributed by atoms with Crippen LogP contribution in [0.5, 0.6) is 0 Å². The average molecular weight is 202 g/mol. The van der Waals surface area contributed by atoms with Gasteiger partial charge in [0.1, 0.15) is 6.10 Å². The van der Waals surface area contributed by atoms with Gasteiger partial charge in [-0.05, 0) is 13.3 Å². The first-order chi connectivity index (χ1) is 6.76. The average Bonchev–Trinajstić information content (AvgIpc) is 2.22. The van der Waals surface area contributed by atoms with Crippen molar-refractivity contribution in [3.63, 3.8) is 0 Å². The van der Waals surface area contributed by atoms with E-state index in [1.165, 1.54) is 0 Å². The van der Waals surface area contributed by atoms with Gasteiger partial charge in [0, 0.05) is 13.0 Å². The van der Waals surface area contributed by atoms with Gasteiger partial charge < -0.3 is 14.2 Å². The summed E-state index contributed by atoms with van der Waals surface area (Å²) in [5, 5.41) is 0. The smallest absolute Gasteiger partial charge is 0.168 e. The van der Waals surface area contributed by atoms with Crippen LogP contribution in [-0.2, 0) is 14.2 Å². The summed E-state index contributed by atoms with van der Waals surface area (Å²) in [6.45, 7) is 8.32. The van der Waals surface area contributed by atoms with Crippen molar-refractivity contribution < 1.29 is 14.2 Å². The monoisotopic (exact) mass is 202 g/mol. The molecule has 1 heterocycles. The fourth-order valence-electron chi connectivity index (χ4n) is 1.82. The first kappa shape index (κ1) is 12.0. The molecule has 1 saturated heterocycles. The van der Waals surface area contributed by atoms with Gasteiger partial charge in [0.15, 0.2) is 5.79 Å². The minimum Gasteiger partial charge on any atom is -0.374 e. The molecule has 0 unspecified atom stereocenters. The van der Waals surface area contributed by atoms with E-state index in [1.807, 2.05) is 6.92 Å². The van der Waals surface area contributed by atoms with Crippen molar-refractivity contribution in [3.8, 4) is 0 Å². The molecule has 1 aliphatic rings. The predicted molar refractivity (Wildman–Crippen MR) is 55.2 cm³/mol. The molecule has 0 bridgehead atoms. The molecule has 0 atom stereocenters. The summed E-state index contributed by atoms with van der Waals surface area (Å²) in [6, 6.07) is 0. The Kier molecular flexibility index (Phi) is 4.85. The van der Waals surface area contributed by atoms with Crippen molar-refractivity contribution in [1.29, 1.82) is 0 Å². The van der Waals surface area contributed by atoms with Crippen molar-refractivity contribution in [2.24, 2.45) is 0 Å². The highest BCUT2D eigenvalue weighted by atomic mass is 16.7. The van der Waals surface area contributed by atoms with E-state index in [2.05, 4.69) is 13.8 Å².